The van der Waals surface area contributed by atoms with E-state index in [4.69, 9.17) is 0 Å². The second-order valence-corrected chi connectivity index (χ2v) is 6.33. The van der Waals surface area contributed by atoms with Gasteiger partial charge in [0, 0.05) is 18.8 Å². The van der Waals surface area contributed by atoms with Crippen LogP contribution in [0, 0.1) is 5.92 Å². The number of carbonyl (C=O) groups is 2. The molecule has 6 nitrogen and oxygen atoms in total. The lowest BCUT2D eigenvalue weighted by Gasteiger charge is -2.18. The molecule has 3 rings (SSSR count). The topological polar surface area (TPSA) is 80.2 Å². The minimum absolute atomic E-state index is 0.152. The lowest BCUT2D eigenvalue weighted by atomic mass is 10.0. The molecule has 0 bridgehead atoms. The number of pyridine rings is 1. The van der Waals surface area contributed by atoms with Crippen molar-refractivity contribution in [3.8, 4) is 0 Å². The Labute approximate surface area is 145 Å². The van der Waals surface area contributed by atoms with Gasteiger partial charge < -0.3 is 15.2 Å². The van der Waals surface area contributed by atoms with E-state index in [2.05, 4.69) is 17.6 Å². The van der Waals surface area contributed by atoms with Crippen LogP contribution in [0.25, 0.3) is 0 Å². The summed E-state index contributed by atoms with van der Waals surface area (Å²) in [7, 11) is 0. The van der Waals surface area contributed by atoms with Crippen LogP contribution in [0.3, 0.4) is 0 Å². The quantitative estimate of drug-likeness (QED) is 0.838. The molecule has 0 saturated carbocycles. The van der Waals surface area contributed by atoms with Crippen LogP contribution >= 0.6 is 0 Å². The van der Waals surface area contributed by atoms with Gasteiger partial charge in [0.25, 0.3) is 5.56 Å². The van der Waals surface area contributed by atoms with Crippen LogP contribution in [0.2, 0.25) is 0 Å². The number of nitrogens with one attached hydrogen (secondary N) is 2. The molecular weight excluding hydrogens is 318 g/mol. The highest BCUT2D eigenvalue weighted by Gasteiger charge is 2.31. The molecule has 2 atom stereocenters. The van der Waals surface area contributed by atoms with Gasteiger partial charge in [0.05, 0.1) is 11.7 Å². The van der Waals surface area contributed by atoms with Gasteiger partial charge in [0.2, 0.25) is 0 Å². The first-order valence-corrected chi connectivity index (χ1v) is 8.39. The van der Waals surface area contributed by atoms with Gasteiger partial charge in [-0.25, -0.2) is 0 Å². The van der Waals surface area contributed by atoms with E-state index < -0.39 is 11.8 Å². The van der Waals surface area contributed by atoms with Gasteiger partial charge in [-0.1, -0.05) is 31.2 Å². The maximum atomic E-state index is 12.3. The molecule has 25 heavy (non-hydrogen) atoms. The smallest absolute Gasteiger partial charge is 0.313 e. The Morgan fingerprint density at radius 2 is 1.92 bits per heavy atom. The molecule has 2 N–H and O–H groups in total. The molecule has 1 aromatic carbocycles. The third kappa shape index (κ3) is 3.47. The van der Waals surface area contributed by atoms with Crippen LogP contribution in [0.15, 0.2) is 47.4 Å². The first-order valence-electron chi connectivity index (χ1n) is 8.39. The molecule has 0 fully saturated rings. The summed E-state index contributed by atoms with van der Waals surface area (Å²) in [6.45, 7) is 4.38. The number of aryl methyl sites for hydroxylation is 1. The van der Waals surface area contributed by atoms with Gasteiger partial charge in [0.1, 0.15) is 0 Å². The van der Waals surface area contributed by atoms with Crippen molar-refractivity contribution in [2.24, 2.45) is 5.92 Å². The van der Waals surface area contributed by atoms with Crippen molar-refractivity contribution in [1.29, 1.82) is 0 Å². The highest BCUT2D eigenvalue weighted by Crippen LogP contribution is 2.35. The van der Waals surface area contributed by atoms with E-state index in [0.29, 0.717) is 12.2 Å². The summed E-state index contributed by atoms with van der Waals surface area (Å²) in [6, 6.07) is 10.6. The van der Waals surface area contributed by atoms with Crippen LogP contribution in [0.1, 0.15) is 31.0 Å². The fourth-order valence-electron chi connectivity index (χ4n) is 3.26. The number of carbonyl (C=O) groups excluding carboxylic acids is 2. The fraction of sp³-hybridized carbons (Fsp3) is 0.316. The van der Waals surface area contributed by atoms with Crippen LogP contribution < -0.4 is 16.2 Å². The summed E-state index contributed by atoms with van der Waals surface area (Å²) in [5.41, 5.74) is 2.54. The number of hydrogen-bond acceptors (Lipinski definition) is 3. The summed E-state index contributed by atoms with van der Waals surface area (Å²) < 4.78 is 1.46. The normalized spacial score (nSPS) is 18.5. The lowest BCUT2D eigenvalue weighted by molar-refractivity contribution is -0.136. The Hall–Kier alpha value is -2.89. The molecule has 1 heterocycles. The molecule has 0 radical (unpaired) electrons. The van der Waals surface area contributed by atoms with Crippen LogP contribution in [0.5, 0.6) is 0 Å². The molecule has 0 spiro atoms. The summed E-state index contributed by atoms with van der Waals surface area (Å²) in [4.78, 5) is 36.1. The molecule has 6 heteroatoms. The predicted octanol–water partition coefficient (Wildman–Crippen LogP) is 1.86. The molecule has 0 unspecified atom stereocenters. The van der Waals surface area contributed by atoms with E-state index in [9.17, 15) is 14.4 Å². The third-order valence-electron chi connectivity index (χ3n) is 4.58. The average molecular weight is 339 g/mol. The Morgan fingerprint density at radius 3 is 2.68 bits per heavy atom. The largest absolute Gasteiger partial charge is 0.341 e. The van der Waals surface area contributed by atoms with E-state index in [1.54, 1.807) is 0 Å². The van der Waals surface area contributed by atoms with Gasteiger partial charge >= 0.3 is 11.8 Å². The summed E-state index contributed by atoms with van der Waals surface area (Å²) >= 11 is 0. The number of nitrogens with zero attached hydrogens (tertiary/aromatic N) is 1. The Bertz CT molecular complexity index is 872. The van der Waals surface area contributed by atoms with E-state index in [1.807, 2.05) is 31.2 Å². The van der Waals surface area contributed by atoms with E-state index >= 15 is 0 Å². The zero-order valence-corrected chi connectivity index (χ0v) is 14.3. The van der Waals surface area contributed by atoms with Crippen molar-refractivity contribution in [3.63, 3.8) is 0 Å². The number of anilines is 1. The van der Waals surface area contributed by atoms with Crippen molar-refractivity contribution in [3.05, 3.63) is 64.1 Å². The number of rotatable bonds is 3. The van der Waals surface area contributed by atoms with Crippen molar-refractivity contribution >= 4 is 17.5 Å². The van der Waals surface area contributed by atoms with Gasteiger partial charge in [-0.3, -0.25) is 14.4 Å². The van der Waals surface area contributed by atoms with Crippen LogP contribution in [0.4, 0.5) is 5.69 Å². The standard InChI is InChI=1S/C19H21N3O3/c1-3-22-11-14(8-9-16(22)23)20-18(24)19(25)21-17-12(2)10-13-6-4-5-7-15(13)17/h4-9,11-12,17H,3,10H2,1-2H3,(H,20,24)(H,21,25)/t12-,17-/m0/s1. The molecule has 2 aromatic rings. The van der Waals surface area contributed by atoms with Crippen molar-refractivity contribution in [2.75, 3.05) is 5.32 Å². The molecule has 130 valence electrons. The molecule has 0 saturated heterocycles. The van der Waals surface area contributed by atoms with Crippen molar-refractivity contribution < 1.29 is 9.59 Å². The van der Waals surface area contributed by atoms with Gasteiger partial charge in [-0.15, -0.1) is 0 Å². The van der Waals surface area contributed by atoms with Gasteiger partial charge in [-0.05, 0) is 36.5 Å². The number of benzene rings is 1. The Morgan fingerprint density at radius 1 is 1.16 bits per heavy atom. The molecular formula is C19H21N3O3. The molecule has 1 aliphatic carbocycles. The Kier molecular flexibility index (Phi) is 4.70. The van der Waals surface area contributed by atoms with Gasteiger partial charge in [-0.2, -0.15) is 0 Å². The second-order valence-electron chi connectivity index (χ2n) is 6.33. The summed E-state index contributed by atoms with van der Waals surface area (Å²) in [5.74, 6) is -1.18. The zero-order valence-electron chi connectivity index (χ0n) is 14.3. The third-order valence-corrected chi connectivity index (χ3v) is 4.58. The van der Waals surface area contributed by atoms with Crippen molar-refractivity contribution in [1.82, 2.24) is 9.88 Å². The zero-order chi connectivity index (χ0) is 18.0. The SMILES string of the molecule is CCn1cc(NC(=O)C(=O)N[C@@H]2c3ccccc3C[C@@H]2C)ccc1=O. The fourth-order valence-corrected chi connectivity index (χ4v) is 3.26. The first-order chi connectivity index (χ1) is 12.0. The molecule has 2 amide bonds. The number of fused-ring (bicyclic) bond motifs is 1. The monoisotopic (exact) mass is 339 g/mol. The Balaban J connectivity index is 1.69. The minimum atomic E-state index is -0.738. The predicted molar refractivity (Wildman–Crippen MR) is 95.2 cm³/mol. The first kappa shape index (κ1) is 17.0. The van der Waals surface area contributed by atoms with Crippen molar-refractivity contribution in [2.45, 2.75) is 32.9 Å². The minimum Gasteiger partial charge on any atom is -0.341 e. The number of aromatic nitrogens is 1. The summed E-state index contributed by atoms with van der Waals surface area (Å²) in [6.07, 6.45) is 2.41. The van der Waals surface area contributed by atoms with Crippen LogP contribution in [-0.2, 0) is 22.6 Å². The number of amides is 2. The summed E-state index contributed by atoms with van der Waals surface area (Å²) in [5, 5.41) is 5.37. The van der Waals surface area contributed by atoms with E-state index in [1.165, 1.54) is 28.5 Å². The second kappa shape index (κ2) is 6.93. The average Bonchev–Trinajstić information content (AvgIpc) is 2.92. The van der Waals surface area contributed by atoms with Crippen LogP contribution in [-0.4, -0.2) is 16.4 Å². The maximum Gasteiger partial charge on any atom is 0.313 e. The molecule has 0 aliphatic heterocycles. The highest BCUT2D eigenvalue weighted by molar-refractivity contribution is 6.39. The maximum absolute atomic E-state index is 12.3. The molecule has 1 aliphatic rings. The number of hydrogen-bond donors (Lipinski definition) is 2. The lowest BCUT2D eigenvalue weighted by Crippen LogP contribution is -2.39. The van der Waals surface area contributed by atoms with Gasteiger partial charge in [0.15, 0.2) is 0 Å². The van der Waals surface area contributed by atoms with E-state index in [0.717, 1.165) is 12.0 Å². The molecule has 1 aromatic heterocycles. The highest BCUT2D eigenvalue weighted by atomic mass is 16.2. The van der Waals surface area contributed by atoms with E-state index in [-0.39, 0.29) is 17.5 Å².